The first-order valence-electron chi connectivity index (χ1n) is 11.9. The van der Waals surface area contributed by atoms with E-state index in [1.54, 1.807) is 0 Å². The van der Waals surface area contributed by atoms with Gasteiger partial charge in [0, 0.05) is 6.42 Å². The molecule has 0 aliphatic heterocycles. The maximum absolute atomic E-state index is 10.2. The summed E-state index contributed by atoms with van der Waals surface area (Å²) in [5.41, 5.74) is 4.24. The molecule has 0 unspecified atom stereocenters. The molecule has 3 fully saturated rings. The minimum absolute atomic E-state index is 0.266. The van der Waals surface area contributed by atoms with Gasteiger partial charge < -0.3 is 15.3 Å². The fraction of sp³-hybridized carbons (Fsp3) is 0.704. The molecule has 5 atom stereocenters. The number of fused-ring (bicyclic) bond motifs is 1. The Labute approximate surface area is 183 Å². The van der Waals surface area contributed by atoms with E-state index in [-0.39, 0.29) is 5.41 Å². The Balaban J connectivity index is 1.85. The normalized spacial score (nSPS) is 37.6. The molecule has 0 aromatic carbocycles. The Morgan fingerprint density at radius 3 is 2.63 bits per heavy atom. The van der Waals surface area contributed by atoms with Gasteiger partial charge in [-0.1, -0.05) is 42.9 Å². The first kappa shape index (κ1) is 23.5. The molecule has 0 saturated heterocycles. The van der Waals surface area contributed by atoms with Crippen molar-refractivity contribution in [1.82, 2.24) is 0 Å². The molecule has 3 aliphatic rings. The maximum atomic E-state index is 10.2. The van der Waals surface area contributed by atoms with Gasteiger partial charge in [-0.15, -0.1) is 0 Å². The van der Waals surface area contributed by atoms with Crippen LogP contribution in [-0.4, -0.2) is 33.1 Å². The molecule has 30 heavy (non-hydrogen) atoms. The molecule has 0 radical (unpaired) electrons. The molecular weight excluding hydrogens is 372 g/mol. The summed E-state index contributed by atoms with van der Waals surface area (Å²) in [7, 11) is 0. The molecule has 0 spiro atoms. The van der Waals surface area contributed by atoms with Crippen molar-refractivity contribution < 1.29 is 15.3 Å². The summed E-state index contributed by atoms with van der Waals surface area (Å²) in [6.07, 6.45) is 13.3. The van der Waals surface area contributed by atoms with Crippen LogP contribution >= 0.6 is 0 Å². The van der Waals surface area contributed by atoms with Crippen molar-refractivity contribution in [3.05, 3.63) is 47.6 Å². The highest BCUT2D eigenvalue weighted by atomic mass is 16.3. The molecule has 3 heteroatoms. The zero-order valence-electron chi connectivity index (χ0n) is 19.3. The molecule has 0 aromatic heterocycles. The fourth-order valence-electron chi connectivity index (χ4n) is 6.58. The standard InChI is InChI=1S/C27H42O3/c1-18(2)23-11-12-24-20(9-10-21-16-22(28)17-25(29)19(21)3)8-6-14-27(23,24)15-7-13-26(4,5)30/h9-10,22-25,28-30H,1,3,6-8,11-17H2,2,4-5H3/b20-9+,21-10-/t22-,23-,24+,25+,27+/m1/s1. The monoisotopic (exact) mass is 414 g/mol. The van der Waals surface area contributed by atoms with Gasteiger partial charge in [0.15, 0.2) is 0 Å². The van der Waals surface area contributed by atoms with Crippen LogP contribution in [0.25, 0.3) is 0 Å². The van der Waals surface area contributed by atoms with E-state index in [1.165, 1.54) is 36.8 Å². The summed E-state index contributed by atoms with van der Waals surface area (Å²) < 4.78 is 0. The van der Waals surface area contributed by atoms with Gasteiger partial charge in [0.2, 0.25) is 0 Å². The summed E-state index contributed by atoms with van der Waals surface area (Å²) in [5, 5.41) is 30.4. The van der Waals surface area contributed by atoms with Crippen molar-refractivity contribution in [2.45, 2.75) is 103 Å². The smallest absolute Gasteiger partial charge is 0.0811 e. The topological polar surface area (TPSA) is 60.7 Å². The summed E-state index contributed by atoms with van der Waals surface area (Å²) in [6, 6.07) is 0. The average molecular weight is 415 g/mol. The van der Waals surface area contributed by atoms with Crippen LogP contribution < -0.4 is 0 Å². The Kier molecular flexibility index (Phi) is 7.16. The molecule has 0 amide bonds. The predicted molar refractivity (Wildman–Crippen MR) is 124 cm³/mol. The van der Waals surface area contributed by atoms with Gasteiger partial charge >= 0.3 is 0 Å². The molecule has 0 bridgehead atoms. The summed E-state index contributed by atoms with van der Waals surface area (Å²) >= 11 is 0. The van der Waals surface area contributed by atoms with Crippen LogP contribution in [0.2, 0.25) is 0 Å². The molecule has 3 N–H and O–H groups in total. The highest BCUT2D eigenvalue weighted by Crippen LogP contribution is 2.61. The van der Waals surface area contributed by atoms with Crippen LogP contribution in [0.4, 0.5) is 0 Å². The second kappa shape index (κ2) is 9.14. The third-order valence-electron chi connectivity index (χ3n) is 7.98. The average Bonchev–Trinajstić information content (AvgIpc) is 3.02. The number of aliphatic hydroxyl groups is 3. The van der Waals surface area contributed by atoms with E-state index in [2.05, 4.69) is 32.2 Å². The SMILES string of the molecule is C=C(C)[C@H]1CC[C@H]2/C(=C/C=C3/C[C@@H](O)C[C@H](O)C3=C)CCC[C@]12CCCC(C)(C)O. The molecule has 0 aromatic rings. The number of hydrogen-bond donors (Lipinski definition) is 3. The van der Waals surface area contributed by atoms with Gasteiger partial charge in [-0.05, 0) is 101 Å². The second-order valence-electron chi connectivity index (χ2n) is 10.8. The van der Waals surface area contributed by atoms with Crippen LogP contribution in [0.3, 0.4) is 0 Å². The van der Waals surface area contributed by atoms with E-state index in [9.17, 15) is 15.3 Å². The quantitative estimate of drug-likeness (QED) is 0.494. The van der Waals surface area contributed by atoms with Gasteiger partial charge in [-0.3, -0.25) is 0 Å². The van der Waals surface area contributed by atoms with Crippen LogP contribution in [-0.2, 0) is 0 Å². The van der Waals surface area contributed by atoms with E-state index >= 15 is 0 Å². The second-order valence-corrected chi connectivity index (χ2v) is 10.8. The predicted octanol–water partition coefficient (Wildman–Crippen LogP) is 5.62. The third-order valence-corrected chi connectivity index (χ3v) is 7.98. The lowest BCUT2D eigenvalue weighted by molar-refractivity contribution is 0.0523. The van der Waals surface area contributed by atoms with Crippen LogP contribution in [0.1, 0.15) is 85.0 Å². The van der Waals surface area contributed by atoms with Crippen molar-refractivity contribution in [3.63, 3.8) is 0 Å². The molecule has 3 aliphatic carbocycles. The van der Waals surface area contributed by atoms with Gasteiger partial charge in [0.25, 0.3) is 0 Å². The number of rotatable bonds is 6. The van der Waals surface area contributed by atoms with E-state index in [1.807, 2.05) is 13.8 Å². The van der Waals surface area contributed by atoms with E-state index in [0.717, 1.165) is 36.8 Å². The van der Waals surface area contributed by atoms with Crippen LogP contribution in [0.5, 0.6) is 0 Å². The lowest BCUT2D eigenvalue weighted by Crippen LogP contribution is -2.37. The Bertz CT molecular complexity index is 723. The van der Waals surface area contributed by atoms with Crippen molar-refractivity contribution in [2.75, 3.05) is 0 Å². The zero-order valence-corrected chi connectivity index (χ0v) is 19.3. The minimum Gasteiger partial charge on any atom is -0.393 e. The molecule has 0 heterocycles. The first-order chi connectivity index (χ1) is 14.0. The first-order valence-corrected chi connectivity index (χ1v) is 11.9. The van der Waals surface area contributed by atoms with E-state index in [0.29, 0.717) is 24.7 Å². The lowest BCUT2D eigenvalue weighted by atomic mass is 9.59. The molecule has 168 valence electrons. The lowest BCUT2D eigenvalue weighted by Gasteiger charge is -2.46. The Morgan fingerprint density at radius 1 is 1.23 bits per heavy atom. The van der Waals surface area contributed by atoms with Gasteiger partial charge in [0.05, 0.1) is 17.8 Å². The molecule has 3 nitrogen and oxygen atoms in total. The summed E-state index contributed by atoms with van der Waals surface area (Å²) in [5.74, 6) is 1.13. The maximum Gasteiger partial charge on any atom is 0.0811 e. The number of hydrogen-bond acceptors (Lipinski definition) is 3. The zero-order chi connectivity index (χ0) is 22.1. The van der Waals surface area contributed by atoms with E-state index < -0.39 is 17.8 Å². The summed E-state index contributed by atoms with van der Waals surface area (Å²) in [4.78, 5) is 0. The highest BCUT2D eigenvalue weighted by molar-refractivity contribution is 5.39. The van der Waals surface area contributed by atoms with Gasteiger partial charge in [-0.2, -0.15) is 0 Å². The van der Waals surface area contributed by atoms with Crippen molar-refractivity contribution in [2.24, 2.45) is 17.3 Å². The minimum atomic E-state index is -0.634. The van der Waals surface area contributed by atoms with Crippen molar-refractivity contribution in [3.8, 4) is 0 Å². The fourth-order valence-corrected chi connectivity index (χ4v) is 6.58. The third kappa shape index (κ3) is 5.00. The molecule has 3 rings (SSSR count). The van der Waals surface area contributed by atoms with Crippen LogP contribution in [0.15, 0.2) is 47.6 Å². The Morgan fingerprint density at radius 2 is 1.97 bits per heavy atom. The number of aliphatic hydroxyl groups excluding tert-OH is 2. The van der Waals surface area contributed by atoms with Crippen molar-refractivity contribution in [1.29, 1.82) is 0 Å². The van der Waals surface area contributed by atoms with Crippen LogP contribution in [0, 0.1) is 17.3 Å². The van der Waals surface area contributed by atoms with E-state index in [4.69, 9.17) is 0 Å². The summed E-state index contributed by atoms with van der Waals surface area (Å²) in [6.45, 7) is 14.4. The number of allylic oxidation sites excluding steroid dienone is 4. The van der Waals surface area contributed by atoms with Crippen molar-refractivity contribution >= 4 is 0 Å². The molecular formula is C27H42O3. The molecule has 3 saturated carbocycles. The Hall–Kier alpha value is -1.16. The van der Waals surface area contributed by atoms with Gasteiger partial charge in [0.1, 0.15) is 0 Å². The highest BCUT2D eigenvalue weighted by Gasteiger charge is 2.52. The largest absolute Gasteiger partial charge is 0.393 e. The van der Waals surface area contributed by atoms with Gasteiger partial charge in [-0.25, -0.2) is 0 Å².